The van der Waals surface area contributed by atoms with Crippen molar-refractivity contribution in [3.05, 3.63) is 29.8 Å². The summed E-state index contributed by atoms with van der Waals surface area (Å²) in [5, 5.41) is 2.98. The molecule has 0 aromatic heterocycles. The van der Waals surface area contributed by atoms with Gasteiger partial charge in [0.05, 0.1) is 13.2 Å². The Morgan fingerprint density at radius 1 is 1.05 bits per heavy atom. The zero-order valence-electron chi connectivity index (χ0n) is 12.4. The fraction of sp³-hybridized carbons (Fsp3) is 0.467. The molecule has 0 heterocycles. The standard InChI is InChI=1S/C15H21NO4/c1-5-19-13(17)15(3,14(18)20-6-2)11-7-9-12(16-4)10-8-11/h7-10,16H,5-6H2,1-4H3. The molecule has 0 amide bonds. The third-order valence-corrected chi connectivity index (χ3v) is 3.12. The van der Waals surface area contributed by atoms with Crippen LogP contribution in [-0.2, 0) is 24.5 Å². The van der Waals surface area contributed by atoms with Gasteiger partial charge in [-0.05, 0) is 38.5 Å². The quantitative estimate of drug-likeness (QED) is 0.638. The Balaban J connectivity index is 3.20. The molecule has 0 atom stereocenters. The van der Waals surface area contributed by atoms with E-state index in [4.69, 9.17) is 9.47 Å². The molecule has 5 heteroatoms. The van der Waals surface area contributed by atoms with Crippen molar-refractivity contribution in [1.82, 2.24) is 0 Å². The maximum absolute atomic E-state index is 12.2. The van der Waals surface area contributed by atoms with E-state index in [1.807, 2.05) is 0 Å². The number of nitrogens with one attached hydrogen (secondary N) is 1. The van der Waals surface area contributed by atoms with Crippen molar-refractivity contribution in [1.29, 1.82) is 0 Å². The first-order valence-electron chi connectivity index (χ1n) is 6.63. The SMILES string of the molecule is CCOC(=O)C(C)(C(=O)OCC)c1ccc(NC)cc1. The van der Waals surface area contributed by atoms with Crippen molar-refractivity contribution in [3.8, 4) is 0 Å². The van der Waals surface area contributed by atoms with Gasteiger partial charge >= 0.3 is 11.9 Å². The lowest BCUT2D eigenvalue weighted by Gasteiger charge is -2.25. The van der Waals surface area contributed by atoms with Crippen molar-refractivity contribution in [2.45, 2.75) is 26.2 Å². The zero-order chi connectivity index (χ0) is 15.2. The molecule has 1 aromatic rings. The van der Waals surface area contributed by atoms with E-state index in [1.165, 1.54) is 6.92 Å². The van der Waals surface area contributed by atoms with Gasteiger partial charge in [0, 0.05) is 12.7 Å². The second kappa shape index (κ2) is 6.93. The van der Waals surface area contributed by atoms with Crippen LogP contribution in [0.3, 0.4) is 0 Å². The highest BCUT2D eigenvalue weighted by atomic mass is 16.6. The lowest BCUT2D eigenvalue weighted by atomic mass is 9.82. The summed E-state index contributed by atoms with van der Waals surface area (Å²) in [4.78, 5) is 24.4. The van der Waals surface area contributed by atoms with Crippen LogP contribution < -0.4 is 5.32 Å². The van der Waals surface area contributed by atoms with Gasteiger partial charge in [0.1, 0.15) is 0 Å². The first-order chi connectivity index (χ1) is 9.50. The molecule has 5 nitrogen and oxygen atoms in total. The molecule has 0 bridgehead atoms. The van der Waals surface area contributed by atoms with Crippen LogP contribution in [0.2, 0.25) is 0 Å². The Hall–Kier alpha value is -2.04. The van der Waals surface area contributed by atoms with Crippen LogP contribution in [0, 0.1) is 0 Å². The van der Waals surface area contributed by atoms with Gasteiger partial charge in [-0.2, -0.15) is 0 Å². The van der Waals surface area contributed by atoms with Gasteiger partial charge in [0.15, 0.2) is 5.41 Å². The Labute approximate surface area is 119 Å². The second-order valence-corrected chi connectivity index (χ2v) is 4.39. The number of benzene rings is 1. The molecule has 0 aliphatic rings. The van der Waals surface area contributed by atoms with E-state index < -0.39 is 17.4 Å². The van der Waals surface area contributed by atoms with Crippen LogP contribution in [0.4, 0.5) is 5.69 Å². The molecule has 1 rings (SSSR count). The van der Waals surface area contributed by atoms with Crippen LogP contribution in [0.25, 0.3) is 0 Å². The summed E-state index contributed by atoms with van der Waals surface area (Å²) in [6.07, 6.45) is 0. The Morgan fingerprint density at radius 3 is 1.85 bits per heavy atom. The number of ether oxygens (including phenoxy) is 2. The molecular weight excluding hydrogens is 258 g/mol. The van der Waals surface area contributed by atoms with Crippen LogP contribution in [0.1, 0.15) is 26.3 Å². The molecule has 110 valence electrons. The maximum Gasteiger partial charge on any atom is 0.327 e. The first-order valence-corrected chi connectivity index (χ1v) is 6.63. The third kappa shape index (κ3) is 3.10. The highest BCUT2D eigenvalue weighted by Gasteiger charge is 2.46. The number of esters is 2. The highest BCUT2D eigenvalue weighted by molar-refractivity contribution is 6.05. The zero-order valence-corrected chi connectivity index (χ0v) is 12.4. The fourth-order valence-electron chi connectivity index (χ4n) is 1.84. The largest absolute Gasteiger partial charge is 0.465 e. The molecule has 1 N–H and O–H groups in total. The molecule has 0 aliphatic carbocycles. The van der Waals surface area contributed by atoms with Gasteiger partial charge in [-0.15, -0.1) is 0 Å². The average Bonchev–Trinajstić information content (AvgIpc) is 2.47. The van der Waals surface area contributed by atoms with E-state index in [1.54, 1.807) is 45.2 Å². The first kappa shape index (κ1) is 16.0. The summed E-state index contributed by atoms with van der Waals surface area (Å²) in [6, 6.07) is 7.04. The molecule has 20 heavy (non-hydrogen) atoms. The van der Waals surface area contributed by atoms with E-state index in [0.29, 0.717) is 5.56 Å². The molecule has 0 aliphatic heterocycles. The predicted octanol–water partition coefficient (Wildman–Crippen LogP) is 2.11. The van der Waals surface area contributed by atoms with E-state index in [2.05, 4.69) is 5.32 Å². The van der Waals surface area contributed by atoms with E-state index in [-0.39, 0.29) is 13.2 Å². The molecule has 0 spiro atoms. The second-order valence-electron chi connectivity index (χ2n) is 4.39. The van der Waals surface area contributed by atoms with Crippen molar-refractivity contribution in [2.24, 2.45) is 0 Å². The molecule has 0 unspecified atom stereocenters. The summed E-state index contributed by atoms with van der Waals surface area (Å²) < 4.78 is 10.1. The normalized spacial score (nSPS) is 10.8. The van der Waals surface area contributed by atoms with Gasteiger partial charge in [-0.1, -0.05) is 12.1 Å². The van der Waals surface area contributed by atoms with Gasteiger partial charge in [-0.3, -0.25) is 9.59 Å². The van der Waals surface area contributed by atoms with E-state index in [0.717, 1.165) is 5.69 Å². The molecular formula is C15H21NO4. The van der Waals surface area contributed by atoms with Crippen LogP contribution in [0.5, 0.6) is 0 Å². The number of carbonyl (C=O) groups excluding carboxylic acids is 2. The van der Waals surface area contributed by atoms with Gasteiger partial charge in [0.2, 0.25) is 0 Å². The number of hydrogen-bond acceptors (Lipinski definition) is 5. The molecule has 0 saturated carbocycles. The number of carbonyl (C=O) groups is 2. The summed E-state index contributed by atoms with van der Waals surface area (Å²) in [5.41, 5.74) is -0.00427. The highest BCUT2D eigenvalue weighted by Crippen LogP contribution is 2.28. The molecule has 1 aromatic carbocycles. The summed E-state index contributed by atoms with van der Waals surface area (Å²) in [7, 11) is 1.80. The summed E-state index contributed by atoms with van der Waals surface area (Å²) in [5.74, 6) is -1.20. The number of anilines is 1. The lowest BCUT2D eigenvalue weighted by molar-refractivity contribution is -0.163. The Bertz CT molecular complexity index is 449. The number of rotatable bonds is 6. The Kier molecular flexibility index (Phi) is 5.55. The number of hydrogen-bond donors (Lipinski definition) is 1. The summed E-state index contributed by atoms with van der Waals surface area (Å²) >= 11 is 0. The topological polar surface area (TPSA) is 64.6 Å². The van der Waals surface area contributed by atoms with Gasteiger partial charge in [0.25, 0.3) is 0 Å². The van der Waals surface area contributed by atoms with Crippen molar-refractivity contribution >= 4 is 17.6 Å². The van der Waals surface area contributed by atoms with Gasteiger partial charge in [-0.25, -0.2) is 0 Å². The maximum atomic E-state index is 12.2. The van der Waals surface area contributed by atoms with Gasteiger partial charge < -0.3 is 14.8 Å². The van der Waals surface area contributed by atoms with Crippen molar-refractivity contribution in [2.75, 3.05) is 25.6 Å². The predicted molar refractivity (Wildman–Crippen MR) is 76.6 cm³/mol. The summed E-state index contributed by atoms with van der Waals surface area (Å²) in [6.45, 7) is 5.35. The fourth-order valence-corrected chi connectivity index (χ4v) is 1.84. The monoisotopic (exact) mass is 279 g/mol. The minimum Gasteiger partial charge on any atom is -0.465 e. The van der Waals surface area contributed by atoms with Crippen LogP contribution in [0.15, 0.2) is 24.3 Å². The van der Waals surface area contributed by atoms with Crippen molar-refractivity contribution in [3.63, 3.8) is 0 Å². The Morgan fingerprint density at radius 2 is 1.50 bits per heavy atom. The van der Waals surface area contributed by atoms with Crippen molar-refractivity contribution < 1.29 is 19.1 Å². The minimum atomic E-state index is -1.45. The van der Waals surface area contributed by atoms with E-state index in [9.17, 15) is 9.59 Å². The van der Waals surface area contributed by atoms with Crippen LogP contribution >= 0.6 is 0 Å². The lowest BCUT2D eigenvalue weighted by Crippen LogP contribution is -2.43. The molecule has 0 radical (unpaired) electrons. The van der Waals surface area contributed by atoms with E-state index >= 15 is 0 Å². The smallest absolute Gasteiger partial charge is 0.327 e. The average molecular weight is 279 g/mol. The minimum absolute atomic E-state index is 0.211. The molecule has 0 saturated heterocycles. The molecule has 0 fully saturated rings. The van der Waals surface area contributed by atoms with Crippen LogP contribution in [-0.4, -0.2) is 32.2 Å². The third-order valence-electron chi connectivity index (χ3n) is 3.12.